The molecule has 0 spiro atoms. The molecule has 5 heteroatoms. The predicted molar refractivity (Wildman–Crippen MR) is 84.7 cm³/mol. The van der Waals surface area contributed by atoms with E-state index in [2.05, 4.69) is 38.1 Å². The molecule has 0 saturated carbocycles. The van der Waals surface area contributed by atoms with E-state index in [0.717, 1.165) is 10.0 Å². The number of aromatic nitrogens is 1. The number of nitrogens with one attached hydrogen (secondary N) is 1. The van der Waals surface area contributed by atoms with Crippen LogP contribution in [0.2, 0.25) is 0 Å². The minimum Gasteiger partial charge on any atom is -0.384 e. The first-order valence-corrected chi connectivity index (χ1v) is 7.08. The summed E-state index contributed by atoms with van der Waals surface area (Å²) in [5, 5.41) is 11.4. The van der Waals surface area contributed by atoms with Gasteiger partial charge in [0.05, 0.1) is 6.42 Å². The van der Waals surface area contributed by atoms with Crippen molar-refractivity contribution in [2.45, 2.75) is 6.42 Å². The fourth-order valence-electron chi connectivity index (χ4n) is 1.72. The molecule has 2 N–H and O–H groups in total. The lowest BCUT2D eigenvalue weighted by Crippen LogP contribution is -2.15. The molecule has 2 aromatic rings. The van der Waals surface area contributed by atoms with Gasteiger partial charge < -0.3 is 10.4 Å². The smallest absolute Gasteiger partial charge is 0.229 e. The normalized spacial score (nSPS) is 9.62. The third-order valence-electron chi connectivity index (χ3n) is 2.57. The van der Waals surface area contributed by atoms with Crippen molar-refractivity contribution in [3.05, 3.63) is 58.2 Å². The molecule has 1 heterocycles. The van der Waals surface area contributed by atoms with Crippen LogP contribution in [-0.2, 0) is 11.2 Å². The lowest BCUT2D eigenvalue weighted by atomic mass is 10.1. The van der Waals surface area contributed by atoms with E-state index in [-0.39, 0.29) is 18.9 Å². The van der Waals surface area contributed by atoms with Gasteiger partial charge in [0.25, 0.3) is 0 Å². The Morgan fingerprint density at radius 2 is 2.10 bits per heavy atom. The van der Waals surface area contributed by atoms with Crippen LogP contribution in [0.4, 0.5) is 5.82 Å². The van der Waals surface area contributed by atoms with Crippen LogP contribution in [-0.4, -0.2) is 22.6 Å². The van der Waals surface area contributed by atoms with Crippen LogP contribution >= 0.6 is 15.9 Å². The van der Waals surface area contributed by atoms with Crippen LogP contribution in [0.25, 0.3) is 0 Å². The Kier molecular flexibility index (Phi) is 5.50. The van der Waals surface area contributed by atoms with E-state index in [1.54, 1.807) is 18.2 Å². The first-order valence-electron chi connectivity index (χ1n) is 6.28. The second kappa shape index (κ2) is 7.58. The van der Waals surface area contributed by atoms with Crippen molar-refractivity contribution >= 4 is 27.7 Å². The maximum Gasteiger partial charge on any atom is 0.229 e. The number of carbonyl (C=O) groups excluding carboxylic acids is 1. The molecule has 0 saturated heterocycles. The van der Waals surface area contributed by atoms with E-state index in [9.17, 15) is 4.79 Å². The first kappa shape index (κ1) is 15.2. The molecule has 21 heavy (non-hydrogen) atoms. The first-order chi connectivity index (χ1) is 10.2. The van der Waals surface area contributed by atoms with E-state index in [1.165, 1.54) is 0 Å². The van der Waals surface area contributed by atoms with Crippen molar-refractivity contribution in [2.75, 3.05) is 11.9 Å². The minimum absolute atomic E-state index is 0.145. The zero-order valence-corrected chi connectivity index (χ0v) is 12.7. The van der Waals surface area contributed by atoms with Crippen molar-refractivity contribution in [2.24, 2.45) is 0 Å². The van der Waals surface area contributed by atoms with Gasteiger partial charge in [0, 0.05) is 4.47 Å². The number of halogens is 1. The van der Waals surface area contributed by atoms with Gasteiger partial charge >= 0.3 is 0 Å². The van der Waals surface area contributed by atoms with Gasteiger partial charge in [0.2, 0.25) is 5.91 Å². The monoisotopic (exact) mass is 344 g/mol. The van der Waals surface area contributed by atoms with Crippen LogP contribution in [0.5, 0.6) is 0 Å². The number of rotatable bonds is 3. The molecule has 0 unspecified atom stereocenters. The van der Waals surface area contributed by atoms with Gasteiger partial charge in [0.1, 0.15) is 18.1 Å². The standard InChI is InChI=1S/C16H13BrN2O2/c17-13-5-1-4-12(10-13)11-16(21)19-15-8-2-6-14(18-15)7-3-9-20/h1-2,4-6,8,10,20H,9,11H2,(H,18,19,21). The lowest BCUT2D eigenvalue weighted by molar-refractivity contribution is -0.115. The number of pyridine rings is 1. The summed E-state index contributed by atoms with van der Waals surface area (Å²) in [6.07, 6.45) is 0.271. The maximum atomic E-state index is 12.0. The number of aliphatic hydroxyl groups excluding tert-OH is 1. The third kappa shape index (κ3) is 5.03. The molecule has 0 bridgehead atoms. The zero-order chi connectivity index (χ0) is 15.1. The Balaban J connectivity index is 2.02. The maximum absolute atomic E-state index is 12.0. The van der Waals surface area contributed by atoms with Crippen LogP contribution in [0.15, 0.2) is 46.9 Å². The van der Waals surface area contributed by atoms with Gasteiger partial charge in [-0.1, -0.05) is 40.0 Å². The summed E-state index contributed by atoms with van der Waals surface area (Å²) < 4.78 is 0.937. The zero-order valence-electron chi connectivity index (χ0n) is 11.1. The van der Waals surface area contributed by atoms with E-state index in [1.807, 2.05) is 24.3 Å². The molecule has 0 aliphatic heterocycles. The predicted octanol–water partition coefficient (Wildman–Crippen LogP) is 2.37. The Morgan fingerprint density at radius 3 is 2.86 bits per heavy atom. The topological polar surface area (TPSA) is 62.2 Å². The van der Waals surface area contributed by atoms with Gasteiger partial charge in [-0.05, 0) is 35.7 Å². The van der Waals surface area contributed by atoms with Crippen LogP contribution in [0.3, 0.4) is 0 Å². The Bertz CT molecular complexity index is 705. The van der Waals surface area contributed by atoms with E-state index in [0.29, 0.717) is 11.5 Å². The molecule has 0 aliphatic rings. The summed E-state index contributed by atoms with van der Waals surface area (Å²) in [6, 6.07) is 12.7. The Morgan fingerprint density at radius 1 is 1.29 bits per heavy atom. The molecule has 0 fully saturated rings. The number of benzene rings is 1. The van der Waals surface area contributed by atoms with Crippen molar-refractivity contribution in [1.82, 2.24) is 4.98 Å². The van der Waals surface area contributed by atoms with Gasteiger partial charge in [0.15, 0.2) is 0 Å². The molecule has 0 radical (unpaired) electrons. The largest absolute Gasteiger partial charge is 0.384 e. The lowest BCUT2D eigenvalue weighted by Gasteiger charge is -2.05. The summed E-state index contributed by atoms with van der Waals surface area (Å²) in [4.78, 5) is 16.2. The Labute approximate surface area is 131 Å². The van der Waals surface area contributed by atoms with Gasteiger partial charge in [-0.15, -0.1) is 0 Å². The molecule has 2 rings (SSSR count). The highest BCUT2D eigenvalue weighted by molar-refractivity contribution is 9.10. The highest BCUT2D eigenvalue weighted by atomic mass is 79.9. The molecule has 0 atom stereocenters. The van der Waals surface area contributed by atoms with Crippen LogP contribution < -0.4 is 5.32 Å². The van der Waals surface area contributed by atoms with Gasteiger partial charge in [-0.3, -0.25) is 4.79 Å². The SMILES string of the molecule is O=C(Cc1cccc(Br)c1)Nc1cccc(C#CCO)n1. The van der Waals surface area contributed by atoms with Gasteiger partial charge in [-0.2, -0.15) is 0 Å². The van der Waals surface area contributed by atoms with E-state index in [4.69, 9.17) is 5.11 Å². The average molecular weight is 345 g/mol. The second-order valence-electron chi connectivity index (χ2n) is 4.22. The summed E-state index contributed by atoms with van der Waals surface area (Å²) in [7, 11) is 0. The second-order valence-corrected chi connectivity index (χ2v) is 5.14. The van der Waals surface area contributed by atoms with E-state index < -0.39 is 0 Å². The number of amides is 1. The number of hydrogen-bond donors (Lipinski definition) is 2. The molecule has 4 nitrogen and oxygen atoms in total. The highest BCUT2D eigenvalue weighted by Gasteiger charge is 2.05. The number of nitrogens with zero attached hydrogens (tertiary/aromatic N) is 1. The summed E-state index contributed by atoms with van der Waals surface area (Å²) in [5.74, 6) is 5.51. The molecule has 1 aromatic heterocycles. The van der Waals surface area contributed by atoms with Crippen molar-refractivity contribution in [1.29, 1.82) is 0 Å². The van der Waals surface area contributed by atoms with Gasteiger partial charge in [-0.25, -0.2) is 4.98 Å². The number of hydrogen-bond acceptors (Lipinski definition) is 3. The molecule has 1 aromatic carbocycles. The molecular formula is C16H13BrN2O2. The summed E-state index contributed by atoms with van der Waals surface area (Å²) in [5.41, 5.74) is 1.42. The summed E-state index contributed by atoms with van der Waals surface area (Å²) >= 11 is 3.37. The fourth-order valence-corrected chi connectivity index (χ4v) is 2.17. The summed E-state index contributed by atoms with van der Waals surface area (Å²) in [6.45, 7) is -0.221. The molecule has 106 valence electrons. The van der Waals surface area contributed by atoms with Crippen molar-refractivity contribution in [3.8, 4) is 11.8 Å². The van der Waals surface area contributed by atoms with Crippen LogP contribution in [0.1, 0.15) is 11.3 Å². The fraction of sp³-hybridized carbons (Fsp3) is 0.125. The molecular weight excluding hydrogens is 332 g/mol. The Hall–Kier alpha value is -2.16. The van der Waals surface area contributed by atoms with Crippen molar-refractivity contribution in [3.63, 3.8) is 0 Å². The third-order valence-corrected chi connectivity index (χ3v) is 3.06. The molecule has 1 amide bonds. The van der Waals surface area contributed by atoms with E-state index >= 15 is 0 Å². The van der Waals surface area contributed by atoms with Crippen molar-refractivity contribution < 1.29 is 9.90 Å². The number of anilines is 1. The molecule has 0 aliphatic carbocycles. The van der Waals surface area contributed by atoms with Crippen LogP contribution in [0, 0.1) is 11.8 Å². The minimum atomic E-state index is -0.221. The number of aliphatic hydroxyl groups is 1. The average Bonchev–Trinajstić information content (AvgIpc) is 2.45. The quantitative estimate of drug-likeness (QED) is 0.840. The highest BCUT2D eigenvalue weighted by Crippen LogP contribution is 2.13. The number of carbonyl (C=O) groups is 1.